The average molecular weight is 496 g/mol. The van der Waals surface area contributed by atoms with Gasteiger partial charge in [0.05, 0.1) is 18.1 Å². The highest BCUT2D eigenvalue weighted by Crippen LogP contribution is 2.32. The minimum atomic E-state index is -0.121. The second-order valence-electron chi connectivity index (χ2n) is 6.45. The Morgan fingerprint density at radius 1 is 1.12 bits per heavy atom. The maximum atomic E-state index is 13.0. The molecule has 2 atom stereocenters. The van der Waals surface area contributed by atoms with Crippen molar-refractivity contribution in [2.24, 2.45) is 5.92 Å². The zero-order valence-electron chi connectivity index (χ0n) is 22.9. The molecule has 8 heteroatoms. The largest absolute Gasteiger partial charge is 0.354 e. The van der Waals surface area contributed by atoms with Gasteiger partial charge >= 0.3 is 0 Å². The number of aromatic nitrogens is 3. The lowest BCUT2D eigenvalue weighted by atomic mass is 10.1. The third-order valence-electron chi connectivity index (χ3n) is 4.62. The second-order valence-corrected chi connectivity index (χ2v) is 6.81. The maximum Gasteiger partial charge on any atom is 0.230 e. The Bertz CT molecular complexity index is 796. The molecule has 0 saturated heterocycles. The predicted octanol–water partition coefficient (Wildman–Crippen LogP) is 6.68. The van der Waals surface area contributed by atoms with Crippen molar-refractivity contribution >= 4 is 29.1 Å². The molecule has 0 aromatic carbocycles. The number of hydrogen-bond donors (Lipinski definition) is 1. The van der Waals surface area contributed by atoms with Crippen molar-refractivity contribution < 1.29 is 9.59 Å². The first-order valence-electron chi connectivity index (χ1n) is 12.7. The van der Waals surface area contributed by atoms with Gasteiger partial charge in [-0.25, -0.2) is 4.68 Å². The van der Waals surface area contributed by atoms with Crippen molar-refractivity contribution in [1.82, 2.24) is 20.1 Å². The van der Waals surface area contributed by atoms with Gasteiger partial charge in [-0.1, -0.05) is 67.0 Å². The van der Waals surface area contributed by atoms with Crippen LogP contribution in [0.2, 0.25) is 5.15 Å². The lowest BCUT2D eigenvalue weighted by molar-refractivity contribution is -0.123. The molecule has 2 aromatic heterocycles. The van der Waals surface area contributed by atoms with Gasteiger partial charge in [0.1, 0.15) is 5.69 Å². The summed E-state index contributed by atoms with van der Waals surface area (Å²) in [6.45, 7) is 19.9. The normalized spacial score (nSPS) is 15.5. The number of halogens is 1. The number of carbonyl (C=O) groups is 2. The Morgan fingerprint density at radius 2 is 1.74 bits per heavy atom. The van der Waals surface area contributed by atoms with Crippen LogP contribution in [0.1, 0.15) is 88.5 Å². The maximum absolute atomic E-state index is 13.0. The molecule has 2 amide bonds. The first kappa shape index (κ1) is 33.8. The van der Waals surface area contributed by atoms with Crippen LogP contribution in [0, 0.1) is 5.92 Å². The lowest BCUT2D eigenvalue weighted by Crippen LogP contribution is -2.37. The van der Waals surface area contributed by atoms with E-state index in [4.69, 9.17) is 11.6 Å². The van der Waals surface area contributed by atoms with Crippen LogP contribution in [-0.2, 0) is 9.59 Å². The van der Waals surface area contributed by atoms with Crippen LogP contribution in [0.3, 0.4) is 0 Å². The molecule has 7 nitrogen and oxygen atoms in total. The standard InChI is InChI=1S/C18H22ClN5O2.4C2H6/c1-3-23(18(26)13-6-7-14(9-13)21-12(2)25)16-11-24(22-17(16)19)15-5-4-8-20-10-15;4*1-2/h4-5,8,10-11,13-14H,3,6-7,9H2,1-2H3,(H,21,25);4*1-2H3/t13-,14+;;;;/m0..../s1. The van der Waals surface area contributed by atoms with Crippen molar-refractivity contribution in [1.29, 1.82) is 0 Å². The predicted molar refractivity (Wildman–Crippen MR) is 145 cm³/mol. The smallest absolute Gasteiger partial charge is 0.230 e. The fraction of sp³-hybridized carbons (Fsp3) is 0.615. The molecule has 1 saturated carbocycles. The Labute approximate surface area is 212 Å². The fourth-order valence-corrected chi connectivity index (χ4v) is 3.67. The molecular formula is C26H46ClN5O2. The van der Waals surface area contributed by atoms with Crippen LogP contribution in [0.5, 0.6) is 0 Å². The minimum absolute atomic E-state index is 0.0213. The van der Waals surface area contributed by atoms with Crippen molar-refractivity contribution in [2.45, 2.75) is 94.5 Å². The highest BCUT2D eigenvalue weighted by atomic mass is 35.5. The van der Waals surface area contributed by atoms with Gasteiger partial charge < -0.3 is 10.2 Å². The van der Waals surface area contributed by atoms with Crippen LogP contribution in [0.25, 0.3) is 5.69 Å². The van der Waals surface area contributed by atoms with E-state index in [1.807, 2.05) is 74.4 Å². The van der Waals surface area contributed by atoms with E-state index >= 15 is 0 Å². The summed E-state index contributed by atoms with van der Waals surface area (Å²) < 4.78 is 1.62. The van der Waals surface area contributed by atoms with Gasteiger partial charge in [0.25, 0.3) is 0 Å². The number of anilines is 1. The SMILES string of the molecule is CC.CC.CC.CC.CCN(C(=O)[C@H]1CC[C@@H](NC(C)=O)C1)c1cn(-c2cccnc2)nc1Cl. The summed E-state index contributed by atoms with van der Waals surface area (Å²) in [4.78, 5) is 30.0. The number of rotatable bonds is 5. The number of pyridine rings is 1. The van der Waals surface area contributed by atoms with Crippen LogP contribution < -0.4 is 10.2 Å². The first-order chi connectivity index (χ1) is 16.5. The monoisotopic (exact) mass is 495 g/mol. The Hall–Kier alpha value is -2.41. The minimum Gasteiger partial charge on any atom is -0.354 e. The van der Waals surface area contributed by atoms with E-state index in [0.29, 0.717) is 18.7 Å². The quantitative estimate of drug-likeness (QED) is 0.501. The highest BCUT2D eigenvalue weighted by Gasteiger charge is 2.34. The first-order valence-corrected chi connectivity index (χ1v) is 13.1. The zero-order valence-corrected chi connectivity index (χ0v) is 23.6. The third-order valence-corrected chi connectivity index (χ3v) is 4.89. The molecule has 0 bridgehead atoms. The Kier molecular flexibility index (Phi) is 19.9. The Balaban J connectivity index is 0. The molecule has 0 unspecified atom stereocenters. The van der Waals surface area contributed by atoms with Crippen molar-refractivity contribution in [3.8, 4) is 5.69 Å². The fourth-order valence-electron chi connectivity index (χ4n) is 3.44. The van der Waals surface area contributed by atoms with Gasteiger partial charge in [-0.15, -0.1) is 0 Å². The summed E-state index contributed by atoms with van der Waals surface area (Å²) >= 11 is 6.31. The van der Waals surface area contributed by atoms with Crippen molar-refractivity contribution in [2.75, 3.05) is 11.4 Å². The van der Waals surface area contributed by atoms with E-state index in [2.05, 4.69) is 15.4 Å². The van der Waals surface area contributed by atoms with Crippen LogP contribution in [-0.4, -0.2) is 39.2 Å². The van der Waals surface area contributed by atoms with Gasteiger partial charge in [0, 0.05) is 31.6 Å². The Morgan fingerprint density at radius 3 is 2.24 bits per heavy atom. The topological polar surface area (TPSA) is 80.1 Å². The van der Waals surface area contributed by atoms with E-state index in [1.54, 1.807) is 28.2 Å². The molecule has 3 rings (SSSR count). The van der Waals surface area contributed by atoms with Gasteiger partial charge in [0.15, 0.2) is 5.15 Å². The van der Waals surface area contributed by atoms with Gasteiger partial charge in [-0.3, -0.25) is 14.6 Å². The van der Waals surface area contributed by atoms with E-state index < -0.39 is 0 Å². The molecule has 1 fully saturated rings. The molecule has 0 spiro atoms. The number of hydrogen-bond acceptors (Lipinski definition) is 4. The lowest BCUT2D eigenvalue weighted by Gasteiger charge is -2.23. The molecule has 1 aliphatic carbocycles. The second kappa shape index (κ2) is 20.0. The zero-order chi connectivity index (χ0) is 26.7. The molecule has 2 heterocycles. The average Bonchev–Trinajstić information content (AvgIpc) is 3.51. The van der Waals surface area contributed by atoms with Gasteiger partial charge in [-0.2, -0.15) is 5.10 Å². The van der Waals surface area contributed by atoms with E-state index in [9.17, 15) is 9.59 Å². The summed E-state index contributed by atoms with van der Waals surface area (Å²) in [5.74, 6) is -0.158. The van der Waals surface area contributed by atoms with Crippen molar-refractivity contribution in [3.63, 3.8) is 0 Å². The van der Waals surface area contributed by atoms with Crippen LogP contribution in [0.15, 0.2) is 30.7 Å². The summed E-state index contributed by atoms with van der Waals surface area (Å²) in [6.07, 6.45) is 7.35. The molecule has 1 N–H and O–H groups in total. The molecule has 0 radical (unpaired) electrons. The number of nitrogens with zero attached hydrogens (tertiary/aromatic N) is 4. The van der Waals surface area contributed by atoms with Crippen molar-refractivity contribution in [3.05, 3.63) is 35.9 Å². The van der Waals surface area contributed by atoms with Gasteiger partial charge in [0.2, 0.25) is 11.8 Å². The summed E-state index contributed by atoms with van der Waals surface area (Å²) in [5.41, 5.74) is 1.36. The molecular weight excluding hydrogens is 450 g/mol. The highest BCUT2D eigenvalue weighted by molar-refractivity contribution is 6.32. The van der Waals surface area contributed by atoms with E-state index in [1.165, 1.54) is 6.92 Å². The molecule has 194 valence electrons. The van der Waals surface area contributed by atoms with Crippen LogP contribution in [0.4, 0.5) is 5.69 Å². The van der Waals surface area contributed by atoms with E-state index in [-0.39, 0.29) is 28.9 Å². The third kappa shape index (κ3) is 10.2. The molecule has 34 heavy (non-hydrogen) atoms. The summed E-state index contributed by atoms with van der Waals surface area (Å²) in [7, 11) is 0. The summed E-state index contributed by atoms with van der Waals surface area (Å²) in [5, 5.41) is 7.48. The number of nitrogens with one attached hydrogen (secondary N) is 1. The summed E-state index contributed by atoms with van der Waals surface area (Å²) in [6, 6.07) is 3.75. The number of amides is 2. The van der Waals surface area contributed by atoms with Gasteiger partial charge in [-0.05, 0) is 38.3 Å². The molecule has 2 aromatic rings. The van der Waals surface area contributed by atoms with E-state index in [0.717, 1.165) is 18.5 Å². The van der Waals surface area contributed by atoms with Crippen LogP contribution >= 0.6 is 11.6 Å². The molecule has 1 aliphatic rings. The number of carbonyl (C=O) groups excluding carboxylic acids is 2. The molecule has 0 aliphatic heterocycles.